The quantitative estimate of drug-likeness (QED) is 0.438. The summed E-state index contributed by atoms with van der Waals surface area (Å²) in [6.07, 6.45) is -2.61. The number of carbonyl (C=O) groups is 1. The predicted molar refractivity (Wildman–Crippen MR) is 142 cm³/mol. The Morgan fingerprint density at radius 2 is 2.03 bits per heavy atom. The van der Waals surface area contributed by atoms with Crippen molar-refractivity contribution in [1.82, 2.24) is 19.8 Å². The number of benzene rings is 1. The van der Waals surface area contributed by atoms with Gasteiger partial charge in [-0.1, -0.05) is 0 Å². The van der Waals surface area contributed by atoms with E-state index in [1.165, 1.54) is 4.90 Å². The minimum atomic E-state index is -4.52. The minimum Gasteiger partial charge on any atom is -0.481 e. The first kappa shape index (κ1) is 26.8. The SMILES string of the molecule is CN1CCCC1COc1nc(N2CCC3(CN(C(=O)O)C3)C2)c2cc(I)c(Br)c(OCC(F)(F)F)c2n1. The first-order valence-corrected chi connectivity index (χ1v) is 13.8. The Labute approximate surface area is 233 Å². The number of alkyl halides is 3. The molecule has 4 heterocycles. The van der Waals surface area contributed by atoms with E-state index in [0.29, 0.717) is 52.0 Å². The van der Waals surface area contributed by atoms with E-state index in [-0.39, 0.29) is 28.7 Å². The van der Waals surface area contributed by atoms with E-state index < -0.39 is 18.9 Å². The predicted octanol–water partition coefficient (Wildman–Crippen LogP) is 4.60. The van der Waals surface area contributed by atoms with Gasteiger partial charge >= 0.3 is 18.3 Å². The molecule has 1 amide bonds. The molecule has 1 atom stereocenters. The summed E-state index contributed by atoms with van der Waals surface area (Å²) < 4.78 is 51.5. The van der Waals surface area contributed by atoms with E-state index in [2.05, 4.69) is 30.7 Å². The Hall–Kier alpha value is -1.81. The van der Waals surface area contributed by atoms with Crippen molar-refractivity contribution < 1.29 is 32.5 Å². The number of carboxylic acid groups (broad SMARTS) is 1. The number of ether oxygens (including phenoxy) is 2. The first-order valence-electron chi connectivity index (χ1n) is 11.9. The van der Waals surface area contributed by atoms with E-state index in [4.69, 9.17) is 14.5 Å². The summed E-state index contributed by atoms with van der Waals surface area (Å²) in [5.74, 6) is 0.535. The lowest BCUT2D eigenvalue weighted by Gasteiger charge is -2.46. The molecule has 1 unspecified atom stereocenters. The average molecular weight is 700 g/mol. The molecule has 0 bridgehead atoms. The molecule has 14 heteroatoms. The van der Waals surface area contributed by atoms with Gasteiger partial charge in [-0.05, 0) is 77.4 Å². The van der Waals surface area contributed by atoms with Crippen molar-refractivity contribution >= 4 is 61.3 Å². The molecule has 0 aliphatic carbocycles. The number of halogens is 5. The maximum atomic E-state index is 13.1. The van der Waals surface area contributed by atoms with E-state index >= 15 is 0 Å². The second-order valence-electron chi connectivity index (χ2n) is 10.0. The summed E-state index contributed by atoms with van der Waals surface area (Å²) in [5.41, 5.74) is 0.0690. The zero-order chi connectivity index (χ0) is 26.5. The maximum absolute atomic E-state index is 13.1. The second kappa shape index (κ2) is 10.1. The molecule has 0 radical (unpaired) electrons. The maximum Gasteiger partial charge on any atom is 0.422 e. The third-order valence-corrected chi connectivity index (χ3v) is 9.70. The molecule has 3 saturated heterocycles. The zero-order valence-electron chi connectivity index (χ0n) is 20.0. The lowest BCUT2D eigenvalue weighted by molar-refractivity contribution is -0.153. The summed E-state index contributed by atoms with van der Waals surface area (Å²) in [5, 5.41) is 9.83. The summed E-state index contributed by atoms with van der Waals surface area (Å²) in [7, 11) is 2.03. The number of hydrogen-bond acceptors (Lipinski definition) is 7. The largest absolute Gasteiger partial charge is 0.481 e. The van der Waals surface area contributed by atoms with E-state index in [1.807, 2.05) is 35.7 Å². The molecule has 3 fully saturated rings. The van der Waals surface area contributed by atoms with Gasteiger partial charge in [-0.25, -0.2) is 4.79 Å². The normalized spacial score (nSPS) is 21.6. The number of fused-ring (bicyclic) bond motifs is 1. The topological polar surface area (TPSA) is 91.3 Å². The van der Waals surface area contributed by atoms with Crippen LogP contribution >= 0.6 is 38.5 Å². The van der Waals surface area contributed by atoms with Crippen LogP contribution in [0.15, 0.2) is 10.5 Å². The summed E-state index contributed by atoms with van der Waals surface area (Å²) in [6.45, 7) is 1.99. The van der Waals surface area contributed by atoms with Gasteiger partial charge in [-0.15, -0.1) is 0 Å². The van der Waals surface area contributed by atoms with Crippen LogP contribution in [-0.2, 0) is 0 Å². The van der Waals surface area contributed by atoms with Gasteiger partial charge in [-0.2, -0.15) is 23.1 Å². The van der Waals surface area contributed by atoms with Crippen molar-refractivity contribution in [2.45, 2.75) is 31.5 Å². The molecular weight excluding hydrogens is 674 g/mol. The average Bonchev–Trinajstić information content (AvgIpc) is 3.42. The third kappa shape index (κ3) is 5.51. The number of rotatable bonds is 6. The van der Waals surface area contributed by atoms with Gasteiger partial charge in [0.25, 0.3) is 0 Å². The smallest absolute Gasteiger partial charge is 0.422 e. The van der Waals surface area contributed by atoms with Crippen LogP contribution in [0.2, 0.25) is 0 Å². The molecule has 202 valence electrons. The van der Waals surface area contributed by atoms with Gasteiger partial charge in [0.1, 0.15) is 17.9 Å². The van der Waals surface area contributed by atoms with Crippen LogP contribution in [0.4, 0.5) is 23.8 Å². The van der Waals surface area contributed by atoms with Crippen LogP contribution in [0.3, 0.4) is 0 Å². The van der Waals surface area contributed by atoms with Crippen molar-refractivity contribution in [2.75, 3.05) is 57.9 Å². The number of anilines is 1. The Kier molecular flexibility index (Phi) is 7.28. The van der Waals surface area contributed by atoms with Gasteiger partial charge in [0.05, 0.1) is 4.47 Å². The fourth-order valence-corrected chi connectivity index (χ4v) is 6.34. The molecule has 1 spiro atoms. The van der Waals surface area contributed by atoms with Crippen LogP contribution < -0.4 is 14.4 Å². The first-order chi connectivity index (χ1) is 17.4. The highest BCUT2D eigenvalue weighted by molar-refractivity contribution is 14.1. The van der Waals surface area contributed by atoms with Crippen LogP contribution in [0.25, 0.3) is 10.9 Å². The highest BCUT2D eigenvalue weighted by Crippen LogP contribution is 2.45. The van der Waals surface area contributed by atoms with E-state index in [0.717, 1.165) is 25.8 Å². The van der Waals surface area contributed by atoms with Crippen molar-refractivity contribution in [1.29, 1.82) is 0 Å². The van der Waals surface area contributed by atoms with Crippen LogP contribution in [-0.4, -0.2) is 96.2 Å². The molecule has 3 aliphatic heterocycles. The molecule has 3 aliphatic rings. The molecule has 5 rings (SSSR count). The molecule has 1 aromatic carbocycles. The monoisotopic (exact) mass is 699 g/mol. The Bertz CT molecular complexity index is 1210. The Morgan fingerprint density at radius 3 is 2.68 bits per heavy atom. The van der Waals surface area contributed by atoms with Gasteiger partial charge in [0.2, 0.25) is 0 Å². The molecule has 1 aromatic heterocycles. The van der Waals surface area contributed by atoms with Crippen molar-refractivity contribution in [3.8, 4) is 11.8 Å². The number of nitrogens with zero attached hydrogens (tertiary/aromatic N) is 5. The summed E-state index contributed by atoms with van der Waals surface area (Å²) >= 11 is 5.41. The molecule has 37 heavy (non-hydrogen) atoms. The highest BCUT2D eigenvalue weighted by atomic mass is 127. The van der Waals surface area contributed by atoms with Gasteiger partial charge in [0.15, 0.2) is 12.4 Å². The second-order valence-corrected chi connectivity index (χ2v) is 12.0. The van der Waals surface area contributed by atoms with Gasteiger partial charge < -0.3 is 29.3 Å². The van der Waals surface area contributed by atoms with Gasteiger partial charge in [-0.3, -0.25) is 0 Å². The van der Waals surface area contributed by atoms with Crippen LogP contribution in [0, 0.1) is 8.99 Å². The highest BCUT2D eigenvalue weighted by Gasteiger charge is 2.50. The standard InChI is InChI=1S/C23H26BrF3IN5O4/c1-31-5-2-3-13(31)8-36-20-29-17-14(7-15(28)16(24)18(17)37-12-23(25,26)27)19(30-20)32-6-4-22(9-32)10-33(11-22)21(34)35/h7,13H,2-6,8-12H2,1H3,(H,34,35). The minimum absolute atomic E-state index is 0.0136. The summed E-state index contributed by atoms with van der Waals surface area (Å²) in [4.78, 5) is 26.2. The van der Waals surface area contributed by atoms with Gasteiger partial charge in [0, 0.05) is 46.6 Å². The lowest BCUT2D eigenvalue weighted by atomic mass is 9.79. The fourth-order valence-electron chi connectivity index (χ4n) is 5.37. The number of amides is 1. The van der Waals surface area contributed by atoms with Crippen molar-refractivity contribution in [2.24, 2.45) is 5.41 Å². The number of likely N-dealkylation sites (tertiary alicyclic amines) is 2. The van der Waals surface area contributed by atoms with Crippen molar-refractivity contribution in [3.63, 3.8) is 0 Å². The number of likely N-dealkylation sites (N-methyl/N-ethyl adjacent to an activating group) is 1. The Morgan fingerprint density at radius 1 is 1.27 bits per heavy atom. The third-order valence-electron chi connectivity index (χ3n) is 7.32. The molecular formula is C23H26BrF3IN5O4. The number of hydrogen-bond donors (Lipinski definition) is 1. The number of aromatic nitrogens is 2. The molecule has 0 saturated carbocycles. The van der Waals surface area contributed by atoms with Crippen LogP contribution in [0.5, 0.6) is 11.8 Å². The van der Waals surface area contributed by atoms with E-state index in [1.54, 1.807) is 0 Å². The molecule has 1 N–H and O–H groups in total. The Balaban J connectivity index is 1.52. The molecule has 2 aromatic rings. The summed E-state index contributed by atoms with van der Waals surface area (Å²) in [6, 6.07) is 2.10. The van der Waals surface area contributed by atoms with Crippen molar-refractivity contribution in [3.05, 3.63) is 14.1 Å². The van der Waals surface area contributed by atoms with Crippen LogP contribution in [0.1, 0.15) is 19.3 Å². The fraction of sp³-hybridized carbons (Fsp3) is 0.609. The lowest BCUT2D eigenvalue weighted by Crippen LogP contribution is -2.59. The van der Waals surface area contributed by atoms with E-state index in [9.17, 15) is 23.1 Å². The molecule has 9 nitrogen and oxygen atoms in total. The zero-order valence-corrected chi connectivity index (χ0v) is 23.8.